The first-order valence-corrected chi connectivity index (χ1v) is 8.30. The number of halogens is 2. The van der Waals surface area contributed by atoms with Gasteiger partial charge in [0.1, 0.15) is 0 Å². The minimum atomic E-state index is -0.571. The summed E-state index contributed by atoms with van der Waals surface area (Å²) in [7, 11) is 0. The molecule has 3 N–H and O–H groups in total. The number of carbonyl (C=O) groups is 2. The molecule has 0 radical (unpaired) electrons. The van der Waals surface area contributed by atoms with Crippen molar-refractivity contribution in [2.75, 3.05) is 5.32 Å². The van der Waals surface area contributed by atoms with Crippen LogP contribution < -0.4 is 16.0 Å². The molecule has 25 heavy (non-hydrogen) atoms. The summed E-state index contributed by atoms with van der Waals surface area (Å²) in [6.07, 6.45) is 0. The first kappa shape index (κ1) is 17.3. The molecular formula is C18H15Cl2N3O2. The largest absolute Gasteiger partial charge is 0.327 e. The first-order valence-electron chi connectivity index (χ1n) is 7.54. The number of rotatable bonds is 3. The Morgan fingerprint density at radius 2 is 1.56 bits per heavy atom. The quantitative estimate of drug-likeness (QED) is 0.749. The zero-order valence-electron chi connectivity index (χ0n) is 13.3. The Morgan fingerprint density at radius 1 is 1.00 bits per heavy atom. The maximum Gasteiger partial charge on any atom is 0.319 e. The molecule has 0 saturated carbocycles. The van der Waals surface area contributed by atoms with E-state index in [2.05, 4.69) is 16.0 Å². The molecule has 2 aromatic carbocycles. The minimum Gasteiger partial charge on any atom is -0.327 e. The highest BCUT2D eigenvalue weighted by atomic mass is 35.5. The fourth-order valence-corrected chi connectivity index (χ4v) is 2.88. The molecule has 0 saturated heterocycles. The summed E-state index contributed by atoms with van der Waals surface area (Å²) >= 11 is 11.8. The lowest BCUT2D eigenvalue weighted by Crippen LogP contribution is -2.45. The van der Waals surface area contributed by atoms with Crippen LogP contribution in [0.4, 0.5) is 10.5 Å². The predicted molar refractivity (Wildman–Crippen MR) is 98.6 cm³/mol. The molecule has 0 spiro atoms. The van der Waals surface area contributed by atoms with Gasteiger partial charge in [-0.25, -0.2) is 4.79 Å². The third kappa shape index (κ3) is 3.95. The van der Waals surface area contributed by atoms with Gasteiger partial charge in [-0.15, -0.1) is 0 Å². The van der Waals surface area contributed by atoms with Gasteiger partial charge in [-0.05, 0) is 48.9 Å². The standard InChI is InChI=1S/C18H15Cl2N3O2/c1-10-15(17(24)22-14-8-6-13(20)7-9-14)16(23-18(25)21-10)11-2-4-12(19)5-3-11/h2-9,16H,1H3,(H,22,24)(H2,21,23,25)/t16-/m1/s1. The number of benzene rings is 2. The van der Waals surface area contributed by atoms with Gasteiger partial charge in [-0.3, -0.25) is 4.79 Å². The fraction of sp³-hybridized carbons (Fsp3) is 0.111. The van der Waals surface area contributed by atoms with Gasteiger partial charge < -0.3 is 16.0 Å². The SMILES string of the molecule is CC1=C(C(=O)Nc2ccc(Cl)cc2)[C@@H](c2ccc(Cl)cc2)NC(=O)N1. The molecule has 1 atom stereocenters. The molecule has 0 fully saturated rings. The van der Waals surface area contributed by atoms with E-state index in [1.54, 1.807) is 55.5 Å². The molecular weight excluding hydrogens is 361 g/mol. The van der Waals surface area contributed by atoms with Gasteiger partial charge in [0.25, 0.3) is 5.91 Å². The molecule has 3 rings (SSSR count). The molecule has 5 nitrogen and oxygen atoms in total. The lowest BCUT2D eigenvalue weighted by Gasteiger charge is -2.28. The topological polar surface area (TPSA) is 70.2 Å². The fourth-order valence-electron chi connectivity index (χ4n) is 2.63. The molecule has 1 aliphatic rings. The van der Waals surface area contributed by atoms with Crippen molar-refractivity contribution in [1.29, 1.82) is 0 Å². The molecule has 0 unspecified atom stereocenters. The number of urea groups is 1. The highest BCUT2D eigenvalue weighted by Gasteiger charge is 2.31. The summed E-state index contributed by atoms with van der Waals surface area (Å²) in [5, 5.41) is 9.40. The number of amides is 3. The lowest BCUT2D eigenvalue weighted by molar-refractivity contribution is -0.113. The van der Waals surface area contributed by atoms with Crippen LogP contribution in [0.25, 0.3) is 0 Å². The second kappa shape index (κ2) is 7.17. The smallest absolute Gasteiger partial charge is 0.319 e. The number of anilines is 1. The third-order valence-electron chi connectivity index (χ3n) is 3.82. The number of hydrogen-bond donors (Lipinski definition) is 3. The van der Waals surface area contributed by atoms with Crippen LogP contribution in [0.1, 0.15) is 18.5 Å². The van der Waals surface area contributed by atoms with Crippen LogP contribution in [-0.2, 0) is 4.79 Å². The van der Waals surface area contributed by atoms with Crippen molar-refractivity contribution >= 4 is 40.8 Å². The predicted octanol–water partition coefficient (Wildman–Crippen LogP) is 4.26. The van der Waals surface area contributed by atoms with Gasteiger partial charge in [0.15, 0.2) is 0 Å². The Morgan fingerprint density at radius 3 is 2.16 bits per heavy atom. The maximum absolute atomic E-state index is 12.8. The van der Waals surface area contributed by atoms with Gasteiger partial charge >= 0.3 is 6.03 Å². The van der Waals surface area contributed by atoms with E-state index in [-0.39, 0.29) is 11.9 Å². The van der Waals surface area contributed by atoms with E-state index in [4.69, 9.17) is 23.2 Å². The number of carbonyl (C=O) groups excluding carboxylic acids is 2. The molecule has 1 aliphatic heterocycles. The average Bonchev–Trinajstić information content (AvgIpc) is 2.57. The van der Waals surface area contributed by atoms with E-state index in [0.717, 1.165) is 5.56 Å². The second-order valence-corrected chi connectivity index (χ2v) is 6.46. The number of hydrogen-bond acceptors (Lipinski definition) is 2. The number of nitrogens with one attached hydrogen (secondary N) is 3. The van der Waals surface area contributed by atoms with E-state index in [1.807, 2.05) is 0 Å². The van der Waals surface area contributed by atoms with E-state index < -0.39 is 6.04 Å². The summed E-state index contributed by atoms with van der Waals surface area (Å²) in [5.41, 5.74) is 2.30. The molecule has 7 heteroatoms. The maximum atomic E-state index is 12.8. The van der Waals surface area contributed by atoms with Gasteiger partial charge in [0, 0.05) is 21.4 Å². The monoisotopic (exact) mass is 375 g/mol. The van der Waals surface area contributed by atoms with E-state index >= 15 is 0 Å². The summed E-state index contributed by atoms with van der Waals surface area (Å²) in [6.45, 7) is 1.69. The Labute approximate surface area is 155 Å². The van der Waals surface area contributed by atoms with Crippen molar-refractivity contribution in [3.05, 3.63) is 75.4 Å². The van der Waals surface area contributed by atoms with Crippen LogP contribution in [-0.4, -0.2) is 11.9 Å². The molecule has 1 heterocycles. The highest BCUT2D eigenvalue weighted by Crippen LogP contribution is 2.28. The van der Waals surface area contributed by atoms with Crippen LogP contribution in [0, 0.1) is 0 Å². The van der Waals surface area contributed by atoms with Gasteiger partial charge in [0.2, 0.25) is 0 Å². The first-order chi connectivity index (χ1) is 11.9. The van der Waals surface area contributed by atoms with Crippen LogP contribution in [0.15, 0.2) is 59.8 Å². The van der Waals surface area contributed by atoms with Gasteiger partial charge in [0.05, 0.1) is 11.6 Å². The van der Waals surface area contributed by atoms with Crippen LogP contribution in [0.5, 0.6) is 0 Å². The molecule has 0 bridgehead atoms. The van der Waals surface area contributed by atoms with Crippen molar-refractivity contribution < 1.29 is 9.59 Å². The van der Waals surface area contributed by atoms with Crippen molar-refractivity contribution in [3.63, 3.8) is 0 Å². The zero-order valence-corrected chi connectivity index (χ0v) is 14.8. The molecule has 3 amide bonds. The van der Waals surface area contributed by atoms with E-state index in [0.29, 0.717) is 27.0 Å². The highest BCUT2D eigenvalue weighted by molar-refractivity contribution is 6.30. The van der Waals surface area contributed by atoms with Crippen molar-refractivity contribution in [1.82, 2.24) is 10.6 Å². The average molecular weight is 376 g/mol. The second-order valence-electron chi connectivity index (χ2n) is 5.58. The molecule has 0 aliphatic carbocycles. The summed E-state index contributed by atoms with van der Waals surface area (Å²) in [6, 6.07) is 12.9. The van der Waals surface area contributed by atoms with Crippen molar-refractivity contribution in [2.24, 2.45) is 0 Å². The summed E-state index contributed by atoms with van der Waals surface area (Å²) in [4.78, 5) is 24.7. The lowest BCUT2D eigenvalue weighted by atomic mass is 9.95. The van der Waals surface area contributed by atoms with Gasteiger partial charge in [-0.1, -0.05) is 35.3 Å². The molecule has 128 valence electrons. The minimum absolute atomic E-state index is 0.313. The van der Waals surface area contributed by atoms with Crippen LogP contribution >= 0.6 is 23.2 Å². The Kier molecular flexibility index (Phi) is 4.97. The molecule has 2 aromatic rings. The Hall–Kier alpha value is -2.50. The van der Waals surface area contributed by atoms with Crippen LogP contribution in [0.3, 0.4) is 0 Å². The van der Waals surface area contributed by atoms with E-state index in [9.17, 15) is 9.59 Å². The van der Waals surface area contributed by atoms with Crippen LogP contribution in [0.2, 0.25) is 10.0 Å². The van der Waals surface area contributed by atoms with Crippen molar-refractivity contribution in [2.45, 2.75) is 13.0 Å². The zero-order chi connectivity index (χ0) is 18.0. The van der Waals surface area contributed by atoms with Crippen molar-refractivity contribution in [3.8, 4) is 0 Å². The Bertz CT molecular complexity index is 846. The summed E-state index contributed by atoms with van der Waals surface area (Å²) in [5.74, 6) is -0.313. The third-order valence-corrected chi connectivity index (χ3v) is 4.32. The number of allylic oxidation sites excluding steroid dienone is 1. The van der Waals surface area contributed by atoms with E-state index in [1.165, 1.54) is 0 Å². The summed E-state index contributed by atoms with van der Waals surface area (Å²) < 4.78 is 0. The van der Waals surface area contributed by atoms with Gasteiger partial charge in [-0.2, -0.15) is 0 Å². The normalized spacial score (nSPS) is 16.9. The Balaban J connectivity index is 1.92. The molecule has 0 aromatic heterocycles.